The van der Waals surface area contributed by atoms with Gasteiger partial charge in [-0.3, -0.25) is 0 Å². The Kier molecular flexibility index (Phi) is 6.02. The van der Waals surface area contributed by atoms with Gasteiger partial charge >= 0.3 is 6.03 Å². The van der Waals surface area contributed by atoms with Crippen molar-refractivity contribution in [3.05, 3.63) is 35.9 Å². The standard InChI is InChI=1S/C18H28N2O3/c1-13(22)10-15(14-6-4-3-5-7-14)11-19-17(23)20-18(2,12-21)16-8-9-16/h3-7,13,15-16,21-22H,8-12H2,1-2H3,(H2,19,20,23). The zero-order chi connectivity index (χ0) is 16.9. The van der Waals surface area contributed by atoms with Crippen molar-refractivity contribution < 1.29 is 15.0 Å². The van der Waals surface area contributed by atoms with Crippen molar-refractivity contribution in [1.29, 1.82) is 0 Å². The second-order valence-corrected chi connectivity index (χ2v) is 6.88. The predicted molar refractivity (Wildman–Crippen MR) is 90.2 cm³/mol. The smallest absolute Gasteiger partial charge is 0.315 e. The molecule has 0 spiro atoms. The van der Waals surface area contributed by atoms with Crippen LogP contribution in [-0.2, 0) is 0 Å². The average molecular weight is 320 g/mol. The summed E-state index contributed by atoms with van der Waals surface area (Å²) in [5.74, 6) is 0.420. The molecule has 128 valence electrons. The molecule has 1 aromatic rings. The topological polar surface area (TPSA) is 81.6 Å². The normalized spacial score (nSPS) is 19.5. The first kappa shape index (κ1) is 17.8. The Bertz CT molecular complexity index is 502. The van der Waals surface area contributed by atoms with Gasteiger partial charge in [0.1, 0.15) is 0 Å². The molecular weight excluding hydrogens is 292 g/mol. The summed E-state index contributed by atoms with van der Waals surface area (Å²) in [4.78, 5) is 12.2. The summed E-state index contributed by atoms with van der Waals surface area (Å²) >= 11 is 0. The van der Waals surface area contributed by atoms with Gasteiger partial charge in [0.05, 0.1) is 18.2 Å². The van der Waals surface area contributed by atoms with Gasteiger partial charge in [0.25, 0.3) is 0 Å². The maximum atomic E-state index is 12.2. The van der Waals surface area contributed by atoms with E-state index < -0.39 is 11.6 Å². The van der Waals surface area contributed by atoms with Gasteiger partial charge in [-0.25, -0.2) is 4.79 Å². The maximum Gasteiger partial charge on any atom is 0.315 e. The summed E-state index contributed by atoms with van der Waals surface area (Å²) in [5, 5.41) is 25.0. The van der Waals surface area contributed by atoms with Gasteiger partial charge in [0.15, 0.2) is 0 Å². The third kappa shape index (κ3) is 5.22. The minimum atomic E-state index is -0.545. The summed E-state index contributed by atoms with van der Waals surface area (Å²) in [5.41, 5.74) is 0.553. The number of carbonyl (C=O) groups excluding carboxylic acids is 1. The average Bonchev–Trinajstić information content (AvgIpc) is 3.37. The summed E-state index contributed by atoms with van der Waals surface area (Å²) in [7, 11) is 0. The maximum absolute atomic E-state index is 12.2. The van der Waals surface area contributed by atoms with E-state index in [9.17, 15) is 15.0 Å². The number of hydrogen-bond acceptors (Lipinski definition) is 3. The molecule has 0 heterocycles. The van der Waals surface area contributed by atoms with Gasteiger partial charge < -0.3 is 20.8 Å². The van der Waals surface area contributed by atoms with Crippen LogP contribution >= 0.6 is 0 Å². The largest absolute Gasteiger partial charge is 0.394 e. The van der Waals surface area contributed by atoms with Crippen LogP contribution in [0.3, 0.4) is 0 Å². The van der Waals surface area contributed by atoms with E-state index in [-0.39, 0.29) is 18.6 Å². The lowest BCUT2D eigenvalue weighted by Crippen LogP contribution is -2.54. The Morgan fingerprint density at radius 2 is 2.00 bits per heavy atom. The van der Waals surface area contributed by atoms with Gasteiger partial charge in [-0.1, -0.05) is 30.3 Å². The first-order valence-electron chi connectivity index (χ1n) is 8.34. The highest BCUT2D eigenvalue weighted by Crippen LogP contribution is 2.39. The molecule has 1 aromatic carbocycles. The first-order chi connectivity index (χ1) is 10.9. The minimum Gasteiger partial charge on any atom is -0.394 e. The fraction of sp³-hybridized carbons (Fsp3) is 0.611. The molecule has 5 heteroatoms. The number of aliphatic hydroxyl groups is 2. The van der Waals surface area contributed by atoms with Crippen molar-refractivity contribution in [2.75, 3.05) is 13.2 Å². The van der Waals surface area contributed by atoms with E-state index in [0.717, 1.165) is 18.4 Å². The predicted octanol–water partition coefficient (Wildman–Crippen LogP) is 2.00. The fourth-order valence-corrected chi connectivity index (χ4v) is 2.98. The molecule has 4 N–H and O–H groups in total. The second-order valence-electron chi connectivity index (χ2n) is 6.88. The molecule has 0 aliphatic heterocycles. The number of carbonyl (C=O) groups is 1. The van der Waals surface area contributed by atoms with Crippen molar-refractivity contribution in [3.8, 4) is 0 Å². The third-order valence-corrected chi connectivity index (χ3v) is 4.61. The van der Waals surface area contributed by atoms with Crippen LogP contribution in [-0.4, -0.2) is 41.0 Å². The number of amides is 2. The monoisotopic (exact) mass is 320 g/mol. The molecule has 1 fully saturated rings. The number of nitrogens with one attached hydrogen (secondary N) is 2. The Morgan fingerprint density at radius 3 is 2.52 bits per heavy atom. The molecule has 2 amide bonds. The highest BCUT2D eigenvalue weighted by molar-refractivity contribution is 5.75. The molecule has 3 atom stereocenters. The summed E-state index contributed by atoms with van der Waals surface area (Å²) in [6.07, 6.45) is 2.25. The number of urea groups is 1. The van der Waals surface area contributed by atoms with Crippen LogP contribution in [0.2, 0.25) is 0 Å². The molecule has 1 aliphatic rings. The van der Waals surface area contributed by atoms with E-state index in [2.05, 4.69) is 10.6 Å². The highest BCUT2D eigenvalue weighted by Gasteiger charge is 2.42. The number of aliphatic hydroxyl groups excluding tert-OH is 2. The van der Waals surface area contributed by atoms with Crippen LogP contribution in [0, 0.1) is 5.92 Å². The van der Waals surface area contributed by atoms with Crippen LogP contribution < -0.4 is 10.6 Å². The quantitative estimate of drug-likeness (QED) is 0.591. The lowest BCUT2D eigenvalue weighted by molar-refractivity contribution is 0.153. The molecule has 1 aliphatic carbocycles. The molecule has 0 saturated heterocycles. The fourth-order valence-electron chi connectivity index (χ4n) is 2.98. The van der Waals surface area contributed by atoms with Gasteiger partial charge in [-0.05, 0) is 44.6 Å². The minimum absolute atomic E-state index is 0.0547. The summed E-state index contributed by atoms with van der Waals surface area (Å²) in [6, 6.07) is 9.62. The lowest BCUT2D eigenvalue weighted by atomic mass is 9.93. The molecule has 2 rings (SSSR count). The van der Waals surface area contributed by atoms with E-state index in [1.54, 1.807) is 6.92 Å². The van der Waals surface area contributed by atoms with Crippen LogP contribution in [0.1, 0.15) is 44.6 Å². The summed E-state index contributed by atoms with van der Waals surface area (Å²) < 4.78 is 0. The molecule has 0 radical (unpaired) electrons. The van der Waals surface area contributed by atoms with E-state index in [4.69, 9.17) is 0 Å². The van der Waals surface area contributed by atoms with Crippen LogP contribution in [0.25, 0.3) is 0 Å². The van der Waals surface area contributed by atoms with Crippen molar-refractivity contribution in [1.82, 2.24) is 10.6 Å². The lowest BCUT2D eigenvalue weighted by Gasteiger charge is -2.29. The van der Waals surface area contributed by atoms with E-state index in [0.29, 0.717) is 18.9 Å². The first-order valence-corrected chi connectivity index (χ1v) is 8.34. The molecule has 5 nitrogen and oxygen atoms in total. The SMILES string of the molecule is CC(O)CC(CNC(=O)NC(C)(CO)C1CC1)c1ccccc1. The van der Waals surface area contributed by atoms with Crippen molar-refractivity contribution in [2.24, 2.45) is 5.92 Å². The Hall–Kier alpha value is -1.59. The van der Waals surface area contributed by atoms with Gasteiger partial charge in [0.2, 0.25) is 0 Å². The van der Waals surface area contributed by atoms with Crippen LogP contribution in [0.5, 0.6) is 0 Å². The molecule has 0 aromatic heterocycles. The molecule has 3 unspecified atom stereocenters. The van der Waals surface area contributed by atoms with Gasteiger partial charge in [-0.15, -0.1) is 0 Å². The number of benzene rings is 1. The molecule has 23 heavy (non-hydrogen) atoms. The van der Waals surface area contributed by atoms with Crippen molar-refractivity contribution >= 4 is 6.03 Å². The Balaban J connectivity index is 1.91. The Labute approximate surface area is 138 Å². The van der Waals surface area contributed by atoms with Gasteiger partial charge in [0, 0.05) is 12.5 Å². The zero-order valence-corrected chi connectivity index (χ0v) is 14.0. The number of hydrogen-bond donors (Lipinski definition) is 4. The molecular formula is C18H28N2O3. The van der Waals surface area contributed by atoms with Gasteiger partial charge in [-0.2, -0.15) is 0 Å². The number of rotatable bonds is 8. The molecule has 1 saturated carbocycles. The van der Waals surface area contributed by atoms with E-state index in [1.165, 1.54) is 0 Å². The van der Waals surface area contributed by atoms with E-state index in [1.807, 2.05) is 37.3 Å². The van der Waals surface area contributed by atoms with Crippen LogP contribution in [0.4, 0.5) is 4.79 Å². The van der Waals surface area contributed by atoms with Crippen molar-refractivity contribution in [3.63, 3.8) is 0 Å². The third-order valence-electron chi connectivity index (χ3n) is 4.61. The van der Waals surface area contributed by atoms with Crippen molar-refractivity contribution in [2.45, 2.75) is 50.7 Å². The highest BCUT2D eigenvalue weighted by atomic mass is 16.3. The summed E-state index contributed by atoms with van der Waals surface area (Å²) in [6.45, 7) is 4.04. The zero-order valence-electron chi connectivity index (χ0n) is 14.0. The van der Waals surface area contributed by atoms with Crippen LogP contribution in [0.15, 0.2) is 30.3 Å². The second kappa shape index (κ2) is 7.79. The van der Waals surface area contributed by atoms with E-state index >= 15 is 0 Å². The molecule has 0 bridgehead atoms. The Morgan fingerprint density at radius 1 is 1.35 bits per heavy atom.